The highest BCUT2D eigenvalue weighted by Gasteiger charge is 2.23. The number of benzene rings is 2. The van der Waals surface area contributed by atoms with E-state index in [0.717, 1.165) is 33.8 Å². The number of nitrogens with one attached hydrogen (secondary N) is 2. The van der Waals surface area contributed by atoms with E-state index in [1.807, 2.05) is 34.9 Å². The van der Waals surface area contributed by atoms with Gasteiger partial charge in [-0.3, -0.25) is 4.79 Å². The van der Waals surface area contributed by atoms with E-state index in [1.54, 1.807) is 11.1 Å². The molecule has 2 aliphatic heterocycles. The van der Waals surface area contributed by atoms with Crippen LogP contribution in [-0.2, 0) is 37.5 Å². The van der Waals surface area contributed by atoms with Crippen molar-refractivity contribution in [2.75, 3.05) is 18.5 Å². The maximum atomic E-state index is 12.7. The standard InChI is InChI=1S/C24H26N6O3/c25-10-16-1-3-17(4-2-16)11-27-23(31)21-15-30-14-19-6-5-18(13-29-7-8-33-24(29)32)9-20(19)26-12-22(30)28-21/h1-6,9,15,26H,7-8,10-14,25H2,(H,27,31). The number of carbonyl (C=O) groups excluding carboxylic acids is 2. The number of amides is 2. The lowest BCUT2D eigenvalue weighted by Crippen LogP contribution is -2.23. The van der Waals surface area contributed by atoms with Crippen LogP contribution in [0.25, 0.3) is 0 Å². The zero-order valence-corrected chi connectivity index (χ0v) is 18.2. The van der Waals surface area contributed by atoms with Gasteiger partial charge in [0.2, 0.25) is 0 Å². The Morgan fingerprint density at radius 3 is 2.70 bits per heavy atom. The Balaban J connectivity index is 1.24. The first-order valence-electron chi connectivity index (χ1n) is 11.0. The van der Waals surface area contributed by atoms with Crippen molar-refractivity contribution in [1.82, 2.24) is 19.8 Å². The fourth-order valence-corrected chi connectivity index (χ4v) is 4.08. The molecular weight excluding hydrogens is 420 g/mol. The molecule has 1 fully saturated rings. The Labute approximate surface area is 191 Å². The molecule has 9 heteroatoms. The predicted octanol–water partition coefficient (Wildman–Crippen LogP) is 2.20. The molecule has 5 rings (SSSR count). The Hall–Kier alpha value is -3.85. The summed E-state index contributed by atoms with van der Waals surface area (Å²) in [7, 11) is 0. The van der Waals surface area contributed by atoms with E-state index in [0.29, 0.717) is 51.6 Å². The van der Waals surface area contributed by atoms with Crippen LogP contribution in [0.5, 0.6) is 0 Å². The normalized spacial score (nSPS) is 14.7. The van der Waals surface area contributed by atoms with Crippen LogP contribution in [0, 0.1) is 0 Å². The largest absolute Gasteiger partial charge is 0.448 e. The van der Waals surface area contributed by atoms with Gasteiger partial charge in [-0.15, -0.1) is 0 Å². The number of anilines is 1. The maximum absolute atomic E-state index is 12.7. The third-order valence-corrected chi connectivity index (χ3v) is 5.97. The molecule has 9 nitrogen and oxygen atoms in total. The molecule has 1 saturated heterocycles. The van der Waals surface area contributed by atoms with E-state index in [2.05, 4.69) is 27.8 Å². The van der Waals surface area contributed by atoms with E-state index < -0.39 is 0 Å². The fourth-order valence-electron chi connectivity index (χ4n) is 4.08. The molecule has 2 aromatic carbocycles. The summed E-state index contributed by atoms with van der Waals surface area (Å²) in [6, 6.07) is 14.0. The first-order valence-corrected chi connectivity index (χ1v) is 11.0. The molecule has 0 spiro atoms. The molecule has 0 bridgehead atoms. The molecule has 170 valence electrons. The number of rotatable bonds is 6. The molecule has 0 unspecified atom stereocenters. The average molecular weight is 447 g/mol. The minimum atomic E-state index is -0.267. The fraction of sp³-hybridized carbons (Fsp3) is 0.292. The Bertz CT molecular complexity index is 1190. The summed E-state index contributed by atoms with van der Waals surface area (Å²) in [5.41, 5.74) is 11.3. The molecule has 2 aliphatic rings. The van der Waals surface area contributed by atoms with Gasteiger partial charge in [0.25, 0.3) is 5.91 Å². The second kappa shape index (κ2) is 8.95. The first kappa shape index (κ1) is 21.0. The SMILES string of the molecule is NCc1ccc(CNC(=O)c2cn3c(n2)CNc2cc(CN4CCOC4=O)ccc2C3)cc1. The lowest BCUT2D eigenvalue weighted by atomic mass is 10.1. The zero-order chi connectivity index (χ0) is 22.8. The summed E-state index contributed by atoms with van der Waals surface area (Å²) >= 11 is 0. The van der Waals surface area contributed by atoms with Crippen molar-refractivity contribution in [3.8, 4) is 0 Å². The number of aromatic nitrogens is 2. The van der Waals surface area contributed by atoms with E-state index in [9.17, 15) is 9.59 Å². The van der Waals surface area contributed by atoms with Crippen molar-refractivity contribution in [3.05, 3.63) is 82.4 Å². The van der Waals surface area contributed by atoms with Gasteiger partial charge in [-0.25, -0.2) is 9.78 Å². The maximum Gasteiger partial charge on any atom is 0.410 e. The van der Waals surface area contributed by atoms with Crippen molar-refractivity contribution in [2.24, 2.45) is 5.73 Å². The van der Waals surface area contributed by atoms with Gasteiger partial charge in [0, 0.05) is 31.5 Å². The third-order valence-electron chi connectivity index (χ3n) is 5.97. The number of cyclic esters (lactones) is 1. The van der Waals surface area contributed by atoms with Crippen LogP contribution < -0.4 is 16.4 Å². The molecule has 0 aliphatic carbocycles. The lowest BCUT2D eigenvalue weighted by molar-refractivity contribution is 0.0946. The van der Waals surface area contributed by atoms with E-state index in [-0.39, 0.29) is 12.0 Å². The summed E-state index contributed by atoms with van der Waals surface area (Å²) in [5.74, 6) is 0.597. The number of nitrogens with two attached hydrogens (primary N) is 1. The van der Waals surface area contributed by atoms with E-state index in [4.69, 9.17) is 10.5 Å². The quantitative estimate of drug-likeness (QED) is 0.535. The van der Waals surface area contributed by atoms with Gasteiger partial charge in [0.05, 0.1) is 19.6 Å². The van der Waals surface area contributed by atoms with Crippen molar-refractivity contribution >= 4 is 17.7 Å². The smallest absolute Gasteiger partial charge is 0.410 e. The molecule has 33 heavy (non-hydrogen) atoms. The van der Waals surface area contributed by atoms with Gasteiger partial charge in [0.1, 0.15) is 18.1 Å². The van der Waals surface area contributed by atoms with Crippen LogP contribution >= 0.6 is 0 Å². The van der Waals surface area contributed by atoms with E-state index in [1.165, 1.54) is 0 Å². The molecule has 0 radical (unpaired) electrons. The van der Waals surface area contributed by atoms with Crippen LogP contribution in [0.4, 0.5) is 10.5 Å². The summed E-state index contributed by atoms with van der Waals surface area (Å²) in [5, 5.41) is 6.35. The van der Waals surface area contributed by atoms with Crippen LogP contribution in [0.15, 0.2) is 48.7 Å². The molecule has 4 N–H and O–H groups in total. The van der Waals surface area contributed by atoms with Crippen LogP contribution in [0.1, 0.15) is 38.6 Å². The number of hydrogen-bond donors (Lipinski definition) is 3. The van der Waals surface area contributed by atoms with E-state index >= 15 is 0 Å². The van der Waals surface area contributed by atoms with Crippen molar-refractivity contribution in [1.29, 1.82) is 0 Å². The molecular formula is C24H26N6O3. The van der Waals surface area contributed by atoms with Gasteiger partial charge in [0.15, 0.2) is 0 Å². The summed E-state index contributed by atoms with van der Waals surface area (Å²) in [6.45, 7) is 3.64. The number of carbonyl (C=O) groups is 2. The Kier molecular flexibility index (Phi) is 5.70. The summed E-state index contributed by atoms with van der Waals surface area (Å²) in [4.78, 5) is 30.6. The van der Waals surface area contributed by atoms with Crippen molar-refractivity contribution < 1.29 is 14.3 Å². The zero-order valence-electron chi connectivity index (χ0n) is 18.2. The monoisotopic (exact) mass is 446 g/mol. The highest BCUT2D eigenvalue weighted by molar-refractivity contribution is 5.92. The average Bonchev–Trinajstić information content (AvgIpc) is 3.39. The second-order valence-electron chi connectivity index (χ2n) is 8.25. The van der Waals surface area contributed by atoms with Crippen LogP contribution in [-0.4, -0.2) is 39.6 Å². The predicted molar refractivity (Wildman–Crippen MR) is 122 cm³/mol. The third kappa shape index (κ3) is 4.54. The number of nitrogens with zero attached hydrogens (tertiary/aromatic N) is 3. The molecule has 3 heterocycles. The van der Waals surface area contributed by atoms with Gasteiger partial charge < -0.3 is 30.6 Å². The second-order valence-corrected chi connectivity index (χ2v) is 8.25. The minimum Gasteiger partial charge on any atom is -0.448 e. The van der Waals surface area contributed by atoms with Gasteiger partial charge in [-0.05, 0) is 28.3 Å². The highest BCUT2D eigenvalue weighted by Crippen LogP contribution is 2.25. The van der Waals surface area contributed by atoms with Crippen molar-refractivity contribution in [2.45, 2.75) is 32.7 Å². The van der Waals surface area contributed by atoms with Crippen LogP contribution in [0.3, 0.4) is 0 Å². The lowest BCUT2D eigenvalue weighted by Gasteiger charge is -2.15. The molecule has 0 saturated carbocycles. The van der Waals surface area contributed by atoms with Gasteiger partial charge >= 0.3 is 6.09 Å². The Morgan fingerprint density at radius 2 is 1.94 bits per heavy atom. The summed E-state index contributed by atoms with van der Waals surface area (Å²) in [6.07, 6.45) is 1.53. The molecule has 3 aromatic rings. The number of ether oxygens (including phenoxy) is 1. The Morgan fingerprint density at radius 1 is 1.15 bits per heavy atom. The number of hydrogen-bond acceptors (Lipinski definition) is 6. The number of fused-ring (bicyclic) bond motifs is 2. The first-order chi connectivity index (χ1) is 16.1. The molecule has 1 aromatic heterocycles. The van der Waals surface area contributed by atoms with Gasteiger partial charge in [-0.2, -0.15) is 0 Å². The summed E-state index contributed by atoms with van der Waals surface area (Å²) < 4.78 is 7.01. The molecule has 2 amide bonds. The molecule has 0 atom stereocenters. The van der Waals surface area contributed by atoms with Crippen LogP contribution in [0.2, 0.25) is 0 Å². The number of imidazole rings is 1. The minimum absolute atomic E-state index is 0.202. The van der Waals surface area contributed by atoms with Gasteiger partial charge in [-0.1, -0.05) is 36.4 Å². The van der Waals surface area contributed by atoms with Crippen molar-refractivity contribution in [3.63, 3.8) is 0 Å². The topological polar surface area (TPSA) is 115 Å². The highest BCUT2D eigenvalue weighted by atomic mass is 16.6.